The van der Waals surface area contributed by atoms with E-state index < -0.39 is 20.0 Å². The first kappa shape index (κ1) is 78.7. The predicted molar refractivity (Wildman–Crippen MR) is 355 cm³/mol. The van der Waals surface area contributed by atoms with Gasteiger partial charge in [0.15, 0.2) is 0 Å². The molecule has 0 rings (SSSR count). The number of nitrogens with one attached hydrogen (secondary N) is 1. The van der Waals surface area contributed by atoms with Crippen LogP contribution in [0.25, 0.3) is 0 Å². The van der Waals surface area contributed by atoms with Crippen LogP contribution in [0.3, 0.4) is 0 Å². The Morgan fingerprint density at radius 1 is 0.439 bits per heavy atom. The molecule has 0 aliphatic carbocycles. The van der Waals surface area contributed by atoms with Gasteiger partial charge in [0.25, 0.3) is 0 Å². The fourth-order valence-corrected chi connectivity index (χ4v) is 10.0. The monoisotopic (exact) mass is 1160 g/mol. The van der Waals surface area contributed by atoms with Crippen molar-refractivity contribution >= 4 is 19.7 Å². The number of quaternary nitrogens is 1. The highest BCUT2D eigenvalue weighted by atomic mass is 31.2. The molecule has 1 amide bonds. The van der Waals surface area contributed by atoms with Crippen molar-refractivity contribution in [1.82, 2.24) is 5.32 Å². The molecule has 0 fully saturated rings. The van der Waals surface area contributed by atoms with Crippen molar-refractivity contribution in [3.8, 4) is 0 Å². The second kappa shape index (κ2) is 60.8. The average Bonchev–Trinajstić information content (AvgIpc) is 3.44. The van der Waals surface area contributed by atoms with Crippen molar-refractivity contribution in [1.29, 1.82) is 0 Å². The Labute approximate surface area is 506 Å². The minimum absolute atomic E-state index is 0.0270. The van der Waals surface area contributed by atoms with Crippen molar-refractivity contribution in [2.45, 2.75) is 296 Å². The number of phosphoric ester groups is 1. The summed E-state index contributed by atoms with van der Waals surface area (Å²) in [7, 11) is 1.46. The van der Waals surface area contributed by atoms with Gasteiger partial charge in [0.05, 0.1) is 33.8 Å². The number of carbonyl (C=O) groups is 2. The fourth-order valence-electron chi connectivity index (χ4n) is 9.28. The van der Waals surface area contributed by atoms with Crippen molar-refractivity contribution in [2.75, 3.05) is 40.9 Å². The quantitative estimate of drug-likeness (QED) is 0.0205. The van der Waals surface area contributed by atoms with E-state index in [4.69, 9.17) is 13.8 Å². The van der Waals surface area contributed by atoms with Gasteiger partial charge in [-0.3, -0.25) is 18.6 Å². The normalized spacial score (nSPS) is 14.3. The number of carbonyl (C=O) groups excluding carboxylic acids is 2. The summed E-state index contributed by atoms with van der Waals surface area (Å²) in [5.74, 6) is -0.574. The van der Waals surface area contributed by atoms with Crippen LogP contribution < -0.4 is 5.32 Å². The third-order valence-electron chi connectivity index (χ3n) is 14.4. The molecule has 82 heavy (non-hydrogen) atoms. The number of likely N-dealkylation sites (N-methyl/N-ethyl adjacent to an activating group) is 1. The number of esters is 1. The molecular formula is C72H128N2O7P+. The van der Waals surface area contributed by atoms with Gasteiger partial charge in [0.1, 0.15) is 19.3 Å². The number of rotatable bonds is 60. The van der Waals surface area contributed by atoms with E-state index in [0.29, 0.717) is 23.9 Å². The second-order valence-electron chi connectivity index (χ2n) is 23.6. The molecule has 0 aromatic carbocycles. The molecule has 3 atom stereocenters. The molecule has 0 bridgehead atoms. The van der Waals surface area contributed by atoms with Crippen molar-refractivity contribution in [3.05, 3.63) is 109 Å². The molecule has 0 aromatic rings. The van der Waals surface area contributed by atoms with Crippen molar-refractivity contribution in [2.24, 2.45) is 0 Å². The third kappa shape index (κ3) is 61.2. The molecule has 0 radical (unpaired) electrons. The molecular weight excluding hydrogens is 1040 g/mol. The topological polar surface area (TPSA) is 111 Å². The van der Waals surface area contributed by atoms with E-state index in [9.17, 15) is 19.0 Å². The summed E-state index contributed by atoms with van der Waals surface area (Å²) in [6.07, 6.45) is 83.9. The van der Waals surface area contributed by atoms with Gasteiger partial charge in [-0.25, -0.2) is 4.57 Å². The lowest BCUT2D eigenvalue weighted by molar-refractivity contribution is -0.870. The van der Waals surface area contributed by atoms with Gasteiger partial charge in [-0.1, -0.05) is 272 Å². The van der Waals surface area contributed by atoms with E-state index in [2.05, 4.69) is 123 Å². The fraction of sp³-hybridized carbons (Fsp3) is 0.722. The van der Waals surface area contributed by atoms with E-state index in [1.807, 2.05) is 33.3 Å². The molecule has 0 heterocycles. The molecule has 3 unspecified atom stereocenters. The highest BCUT2D eigenvalue weighted by molar-refractivity contribution is 7.47. The van der Waals surface area contributed by atoms with Crippen LogP contribution in [-0.2, 0) is 27.9 Å². The standard InChI is InChI=1S/C72H127N2O7P/c1-7-10-13-16-19-22-25-28-30-32-33-34-35-36-37-38-39-40-41-43-44-46-49-52-55-58-61-64-71(75)73-69(68-80-82(77,78)79-67-66-74(4,5)6)70(63-60-57-54-51-48-27-24-21-18-15-12-9-3)81-72(76)65-62-59-56-53-50-47-45-42-31-29-26-23-20-17-14-11-8-2/h11,14,19-20,22-23,28-31,33-34,45,47,53,56,60,63,69-70H,7-10,12-13,15-18,21,24-27,32,35-44,46,48-52,54-55,57-59,61-62,64-68H2,1-6H3,(H-,73,75,77,78)/p+1/b14-11-,22-19-,23-20-,30-28-,31-29-,34-33-,47-45-,56-53-,63-60-. The summed E-state index contributed by atoms with van der Waals surface area (Å²) >= 11 is 0. The van der Waals surface area contributed by atoms with E-state index in [1.54, 1.807) is 0 Å². The Kier molecular flexibility index (Phi) is 58.3. The zero-order valence-electron chi connectivity index (χ0n) is 54.0. The predicted octanol–water partition coefficient (Wildman–Crippen LogP) is 21.3. The Morgan fingerprint density at radius 2 is 0.793 bits per heavy atom. The molecule has 9 nitrogen and oxygen atoms in total. The van der Waals surface area contributed by atoms with Crippen LogP contribution in [-0.4, -0.2) is 74.3 Å². The molecule has 472 valence electrons. The van der Waals surface area contributed by atoms with Crippen LogP contribution in [0.1, 0.15) is 284 Å². The molecule has 0 aromatic heterocycles. The first-order chi connectivity index (χ1) is 39.9. The third-order valence-corrected chi connectivity index (χ3v) is 15.4. The Bertz CT molecular complexity index is 1770. The van der Waals surface area contributed by atoms with Crippen molar-refractivity contribution in [3.63, 3.8) is 0 Å². The first-order valence-electron chi connectivity index (χ1n) is 33.7. The SMILES string of the molecule is CC/C=C\C/C=C\C/C=C\C/C=C\C/C=C\CCCC(=O)OC(/C=C\CCCCCCCCCCCC)C(COP(=O)(O)OCC[N+](C)(C)C)NC(=O)CCCCCCCCCCCCCCCC/C=C\C/C=C\C/C=C\CCCCC. The number of amides is 1. The lowest BCUT2D eigenvalue weighted by Crippen LogP contribution is -2.47. The Morgan fingerprint density at radius 3 is 1.22 bits per heavy atom. The van der Waals surface area contributed by atoms with Gasteiger partial charge < -0.3 is 19.4 Å². The number of ether oxygens (including phenoxy) is 1. The Hall–Kier alpha value is -3.33. The molecule has 0 spiro atoms. The largest absolute Gasteiger partial charge is 0.472 e. The number of allylic oxidation sites excluding steroid dienone is 17. The first-order valence-corrected chi connectivity index (χ1v) is 35.2. The van der Waals surface area contributed by atoms with E-state index in [1.165, 1.54) is 154 Å². The van der Waals surface area contributed by atoms with Gasteiger partial charge in [-0.2, -0.15) is 0 Å². The molecule has 0 aliphatic heterocycles. The Balaban J connectivity index is 5.13. The van der Waals surface area contributed by atoms with E-state index in [0.717, 1.165) is 89.9 Å². The number of hydrogen-bond acceptors (Lipinski definition) is 6. The summed E-state index contributed by atoms with van der Waals surface area (Å²) in [4.78, 5) is 37.8. The summed E-state index contributed by atoms with van der Waals surface area (Å²) in [6, 6.07) is -0.878. The van der Waals surface area contributed by atoms with E-state index >= 15 is 0 Å². The maximum Gasteiger partial charge on any atom is 0.472 e. The lowest BCUT2D eigenvalue weighted by Gasteiger charge is -2.27. The lowest BCUT2D eigenvalue weighted by atomic mass is 10.0. The van der Waals surface area contributed by atoms with Gasteiger partial charge in [0.2, 0.25) is 5.91 Å². The summed E-state index contributed by atoms with van der Waals surface area (Å²) in [5.41, 5.74) is 0. The minimum atomic E-state index is -4.47. The van der Waals surface area contributed by atoms with Gasteiger partial charge in [0, 0.05) is 12.8 Å². The van der Waals surface area contributed by atoms with Gasteiger partial charge in [-0.15, -0.1) is 0 Å². The summed E-state index contributed by atoms with van der Waals surface area (Å²) in [6.45, 7) is 6.84. The molecule has 2 N–H and O–H groups in total. The number of hydrogen-bond donors (Lipinski definition) is 2. The van der Waals surface area contributed by atoms with Crippen molar-refractivity contribution < 1.29 is 37.3 Å². The molecule has 0 saturated heterocycles. The van der Waals surface area contributed by atoms with Gasteiger partial charge >= 0.3 is 13.8 Å². The zero-order valence-corrected chi connectivity index (χ0v) is 54.8. The molecule has 0 saturated carbocycles. The zero-order chi connectivity index (χ0) is 60.0. The van der Waals surface area contributed by atoms with Crippen LogP contribution in [0.5, 0.6) is 0 Å². The number of unbranched alkanes of at least 4 members (excludes halogenated alkanes) is 28. The van der Waals surface area contributed by atoms with Crippen LogP contribution in [0.2, 0.25) is 0 Å². The highest BCUT2D eigenvalue weighted by Crippen LogP contribution is 2.43. The smallest absolute Gasteiger partial charge is 0.456 e. The van der Waals surface area contributed by atoms with Crippen LogP contribution in [0, 0.1) is 0 Å². The molecule has 10 heteroatoms. The number of phosphoric acid groups is 1. The summed E-state index contributed by atoms with van der Waals surface area (Å²) in [5, 5.41) is 3.05. The average molecular weight is 1160 g/mol. The van der Waals surface area contributed by atoms with E-state index in [-0.39, 0.29) is 31.5 Å². The van der Waals surface area contributed by atoms with Crippen LogP contribution in [0.15, 0.2) is 109 Å². The van der Waals surface area contributed by atoms with Gasteiger partial charge in [-0.05, 0) is 109 Å². The van der Waals surface area contributed by atoms with Crippen LogP contribution in [0.4, 0.5) is 0 Å². The minimum Gasteiger partial charge on any atom is -0.456 e. The highest BCUT2D eigenvalue weighted by Gasteiger charge is 2.30. The molecule has 0 aliphatic rings. The second-order valence-corrected chi connectivity index (χ2v) is 25.1. The maximum absolute atomic E-state index is 13.6. The summed E-state index contributed by atoms with van der Waals surface area (Å²) < 4.78 is 30.7. The van der Waals surface area contributed by atoms with Crippen LogP contribution >= 0.6 is 7.82 Å². The number of nitrogens with zero attached hydrogens (tertiary/aromatic N) is 1. The maximum atomic E-state index is 13.6.